The molecule has 0 radical (unpaired) electrons. The molecule has 1 amide bonds. The minimum absolute atomic E-state index is 0.106. The highest BCUT2D eigenvalue weighted by molar-refractivity contribution is 5.99. The summed E-state index contributed by atoms with van der Waals surface area (Å²) in [5.41, 5.74) is 1.60. The summed E-state index contributed by atoms with van der Waals surface area (Å²) in [6, 6.07) is 3.49. The zero-order valence-corrected chi connectivity index (χ0v) is 17.0. The fourth-order valence-electron chi connectivity index (χ4n) is 3.57. The summed E-state index contributed by atoms with van der Waals surface area (Å²) in [7, 11) is 0. The average Bonchev–Trinajstić information content (AvgIpc) is 3.29. The largest absolute Gasteiger partial charge is 0.485 e. The molecule has 0 spiro atoms. The van der Waals surface area contributed by atoms with Crippen LogP contribution in [-0.2, 0) is 4.74 Å². The minimum Gasteiger partial charge on any atom is -0.485 e. The van der Waals surface area contributed by atoms with Gasteiger partial charge in [0.1, 0.15) is 18.6 Å². The van der Waals surface area contributed by atoms with Gasteiger partial charge in [-0.2, -0.15) is 15.1 Å². The van der Waals surface area contributed by atoms with Crippen molar-refractivity contribution in [3.63, 3.8) is 0 Å². The maximum atomic E-state index is 13.0. The van der Waals surface area contributed by atoms with E-state index in [0.29, 0.717) is 91.7 Å². The van der Waals surface area contributed by atoms with Gasteiger partial charge in [-0.3, -0.25) is 9.89 Å². The van der Waals surface area contributed by atoms with E-state index in [4.69, 9.17) is 18.9 Å². The number of benzene rings is 1. The lowest BCUT2D eigenvalue weighted by molar-refractivity contribution is 0.0298. The van der Waals surface area contributed by atoms with Gasteiger partial charge in [0.25, 0.3) is 5.91 Å². The lowest BCUT2D eigenvalue weighted by Crippen LogP contribution is -2.41. The van der Waals surface area contributed by atoms with Crippen molar-refractivity contribution in [2.75, 3.05) is 51.4 Å². The SMILES string of the molecule is CCOc1nc(Nc2ccc(C(=O)N3CCOCC3)c3c2OCCO3)nc2[nH]ncc12. The summed E-state index contributed by atoms with van der Waals surface area (Å²) in [4.78, 5) is 23.7. The number of hydrogen-bond donors (Lipinski definition) is 2. The summed E-state index contributed by atoms with van der Waals surface area (Å²) in [6.07, 6.45) is 1.62. The van der Waals surface area contributed by atoms with E-state index in [-0.39, 0.29) is 5.91 Å². The maximum absolute atomic E-state index is 13.0. The van der Waals surface area contributed by atoms with Crippen LogP contribution in [0.1, 0.15) is 17.3 Å². The molecule has 162 valence electrons. The molecule has 0 bridgehead atoms. The van der Waals surface area contributed by atoms with Crippen LogP contribution in [0.4, 0.5) is 11.6 Å². The van der Waals surface area contributed by atoms with Crippen molar-refractivity contribution < 1.29 is 23.7 Å². The molecular weight excluding hydrogens is 404 g/mol. The number of anilines is 2. The van der Waals surface area contributed by atoms with E-state index in [1.807, 2.05) is 6.92 Å². The number of morpholine rings is 1. The highest BCUT2D eigenvalue weighted by Crippen LogP contribution is 2.42. The number of rotatable bonds is 5. The molecule has 11 nitrogen and oxygen atoms in total. The van der Waals surface area contributed by atoms with E-state index in [9.17, 15) is 4.79 Å². The van der Waals surface area contributed by atoms with Crippen LogP contribution in [0, 0.1) is 0 Å². The van der Waals surface area contributed by atoms with Gasteiger partial charge in [-0.05, 0) is 19.1 Å². The highest BCUT2D eigenvalue weighted by atomic mass is 16.6. The Balaban J connectivity index is 1.49. The van der Waals surface area contributed by atoms with E-state index in [2.05, 4.69) is 25.5 Å². The zero-order chi connectivity index (χ0) is 21.2. The predicted molar refractivity (Wildman–Crippen MR) is 110 cm³/mol. The van der Waals surface area contributed by atoms with Crippen molar-refractivity contribution >= 4 is 28.6 Å². The van der Waals surface area contributed by atoms with Crippen molar-refractivity contribution in [3.8, 4) is 17.4 Å². The number of ether oxygens (including phenoxy) is 4. The molecule has 2 aromatic heterocycles. The first-order chi connectivity index (χ1) is 15.2. The second kappa shape index (κ2) is 8.26. The lowest BCUT2D eigenvalue weighted by atomic mass is 10.1. The number of nitrogens with zero attached hydrogens (tertiary/aromatic N) is 4. The molecule has 5 rings (SSSR count). The molecule has 0 unspecified atom stereocenters. The Hall–Kier alpha value is -3.60. The van der Waals surface area contributed by atoms with Crippen LogP contribution in [0.3, 0.4) is 0 Å². The molecular formula is C20H22N6O5. The molecule has 1 fully saturated rings. The minimum atomic E-state index is -0.106. The van der Waals surface area contributed by atoms with Gasteiger partial charge in [0, 0.05) is 13.1 Å². The van der Waals surface area contributed by atoms with E-state index in [0.717, 1.165) is 0 Å². The van der Waals surface area contributed by atoms with Crippen LogP contribution in [0.15, 0.2) is 18.3 Å². The number of nitrogens with one attached hydrogen (secondary N) is 2. The number of fused-ring (bicyclic) bond motifs is 2. The molecule has 2 aliphatic heterocycles. The second-order valence-corrected chi connectivity index (χ2v) is 6.96. The van der Waals surface area contributed by atoms with Gasteiger partial charge in [-0.25, -0.2) is 0 Å². The Kier molecular flexibility index (Phi) is 5.16. The fourth-order valence-corrected chi connectivity index (χ4v) is 3.57. The number of aromatic nitrogens is 4. The van der Waals surface area contributed by atoms with Gasteiger partial charge in [0.15, 0.2) is 17.1 Å². The van der Waals surface area contributed by atoms with Crippen molar-refractivity contribution in [2.24, 2.45) is 0 Å². The van der Waals surface area contributed by atoms with Gasteiger partial charge in [-0.15, -0.1) is 0 Å². The van der Waals surface area contributed by atoms with E-state index in [1.165, 1.54) is 0 Å². The summed E-state index contributed by atoms with van der Waals surface area (Å²) in [6.45, 7) is 5.24. The number of carbonyl (C=O) groups excluding carboxylic acids is 1. The third-order valence-electron chi connectivity index (χ3n) is 5.02. The van der Waals surface area contributed by atoms with Crippen LogP contribution < -0.4 is 19.5 Å². The van der Waals surface area contributed by atoms with E-state index >= 15 is 0 Å². The highest BCUT2D eigenvalue weighted by Gasteiger charge is 2.28. The van der Waals surface area contributed by atoms with Crippen LogP contribution in [0.2, 0.25) is 0 Å². The third-order valence-corrected chi connectivity index (χ3v) is 5.02. The Morgan fingerprint density at radius 1 is 1.16 bits per heavy atom. The second-order valence-electron chi connectivity index (χ2n) is 6.96. The van der Waals surface area contributed by atoms with Crippen molar-refractivity contribution in [2.45, 2.75) is 6.92 Å². The van der Waals surface area contributed by atoms with Gasteiger partial charge >= 0.3 is 0 Å². The normalized spacial score (nSPS) is 15.7. The van der Waals surface area contributed by atoms with Crippen LogP contribution >= 0.6 is 0 Å². The summed E-state index contributed by atoms with van der Waals surface area (Å²) in [5, 5.41) is 10.7. The van der Waals surface area contributed by atoms with Gasteiger partial charge in [0.2, 0.25) is 11.8 Å². The first kappa shape index (κ1) is 19.4. The molecule has 2 N–H and O–H groups in total. The summed E-state index contributed by atoms with van der Waals surface area (Å²) < 4.78 is 22.7. The molecule has 4 heterocycles. The van der Waals surface area contributed by atoms with Crippen LogP contribution in [-0.4, -0.2) is 77.1 Å². The molecule has 31 heavy (non-hydrogen) atoms. The quantitative estimate of drug-likeness (QED) is 0.628. The van der Waals surface area contributed by atoms with E-state index < -0.39 is 0 Å². The molecule has 0 aliphatic carbocycles. The van der Waals surface area contributed by atoms with Gasteiger partial charge in [-0.1, -0.05) is 0 Å². The number of aromatic amines is 1. The number of carbonyl (C=O) groups is 1. The topological polar surface area (TPSA) is 124 Å². The molecule has 0 saturated carbocycles. The molecule has 1 saturated heterocycles. The monoisotopic (exact) mass is 426 g/mol. The molecule has 11 heteroatoms. The van der Waals surface area contributed by atoms with Crippen LogP contribution in [0.5, 0.6) is 17.4 Å². The van der Waals surface area contributed by atoms with Crippen LogP contribution in [0.25, 0.3) is 11.0 Å². The van der Waals surface area contributed by atoms with Gasteiger partial charge < -0.3 is 29.2 Å². The van der Waals surface area contributed by atoms with Crippen molar-refractivity contribution in [1.82, 2.24) is 25.1 Å². The number of amides is 1. The molecule has 3 aromatic rings. The Morgan fingerprint density at radius 2 is 1.97 bits per heavy atom. The van der Waals surface area contributed by atoms with Crippen molar-refractivity contribution in [3.05, 3.63) is 23.9 Å². The smallest absolute Gasteiger partial charge is 0.257 e. The maximum Gasteiger partial charge on any atom is 0.257 e. The average molecular weight is 426 g/mol. The third kappa shape index (κ3) is 3.67. The summed E-state index contributed by atoms with van der Waals surface area (Å²) >= 11 is 0. The molecule has 1 aromatic carbocycles. The number of H-pyrrole nitrogens is 1. The fraction of sp³-hybridized carbons (Fsp3) is 0.400. The van der Waals surface area contributed by atoms with Crippen molar-refractivity contribution in [1.29, 1.82) is 0 Å². The van der Waals surface area contributed by atoms with E-state index in [1.54, 1.807) is 23.2 Å². The molecule has 2 aliphatic rings. The predicted octanol–water partition coefficient (Wildman–Crippen LogP) is 1.74. The van der Waals surface area contributed by atoms with Gasteiger partial charge in [0.05, 0.1) is 37.3 Å². The Morgan fingerprint density at radius 3 is 2.77 bits per heavy atom. The Labute approximate surface area is 177 Å². The lowest BCUT2D eigenvalue weighted by Gasteiger charge is -2.29. The first-order valence-corrected chi connectivity index (χ1v) is 10.1. The number of hydrogen-bond acceptors (Lipinski definition) is 9. The zero-order valence-electron chi connectivity index (χ0n) is 17.0. The summed E-state index contributed by atoms with van der Waals surface area (Å²) in [5.74, 6) is 1.50. The Bertz CT molecular complexity index is 1110. The first-order valence-electron chi connectivity index (χ1n) is 10.1. The standard InChI is InChI=1S/C20H22N6O5/c1-2-29-18-13-11-21-25-17(13)23-20(24-18)22-14-4-3-12(15-16(14)31-10-9-30-15)19(27)26-5-7-28-8-6-26/h3-4,11H,2,5-10H2,1H3,(H2,21,22,23,24,25). The molecule has 0 atom stereocenters.